The summed E-state index contributed by atoms with van der Waals surface area (Å²) in [4.78, 5) is 47.6. The van der Waals surface area contributed by atoms with Crippen LogP contribution in [-0.2, 0) is 19.2 Å². The van der Waals surface area contributed by atoms with Crippen molar-refractivity contribution in [3.8, 4) is 0 Å². The summed E-state index contributed by atoms with van der Waals surface area (Å²) < 4.78 is 0. The van der Waals surface area contributed by atoms with Crippen LogP contribution in [0.15, 0.2) is 22.1 Å². The Bertz CT molecular complexity index is 659. The van der Waals surface area contributed by atoms with Crippen molar-refractivity contribution >= 4 is 71.5 Å². The van der Waals surface area contributed by atoms with Crippen molar-refractivity contribution in [2.45, 2.75) is 25.9 Å². The summed E-state index contributed by atoms with van der Waals surface area (Å²) >= 11 is 2.93. The number of halogens is 1. The number of thioether (sulfide) groups is 2. The molecule has 35 heavy (non-hydrogen) atoms. The standard InChI is InChI=1S/2C7H15N3O2S.C4H4O4.ClH/c2*1-5(8)10-2-3-13-4-6(9)7(11)12;5-3(6)1-2-4(7)8;/h2*6H,2-4,9H2,1H3,(H2,8,10)(H,11,12);1-2H,(H,5,6)(H,7,8);1H/b;;2-1-;/t2*6-;;/m00../s1. The van der Waals surface area contributed by atoms with Gasteiger partial charge < -0.3 is 43.4 Å². The molecule has 0 heterocycles. The SMILES string of the molecule is CC(N)=NCCSC[C@H](N)C(=O)O.CC(N)=NCCSC[C@H](N)C(=O)O.Cl.O=C(O)/C=C\C(=O)O. The molecule has 0 saturated carbocycles. The minimum Gasteiger partial charge on any atom is -0.480 e. The molecule has 0 saturated heterocycles. The van der Waals surface area contributed by atoms with Crippen LogP contribution in [-0.4, -0.2) is 104 Å². The molecule has 0 aromatic carbocycles. The lowest BCUT2D eigenvalue weighted by molar-refractivity contribution is -0.138. The van der Waals surface area contributed by atoms with E-state index in [1.54, 1.807) is 13.8 Å². The van der Waals surface area contributed by atoms with Gasteiger partial charge in [0.25, 0.3) is 0 Å². The van der Waals surface area contributed by atoms with Crippen LogP contribution < -0.4 is 22.9 Å². The van der Waals surface area contributed by atoms with Gasteiger partial charge in [-0.1, -0.05) is 0 Å². The molecule has 0 spiro atoms. The molecule has 17 heteroatoms. The number of nitrogens with zero attached hydrogens (tertiary/aromatic N) is 2. The highest BCUT2D eigenvalue weighted by molar-refractivity contribution is 7.99. The van der Waals surface area contributed by atoms with E-state index in [0.717, 1.165) is 11.5 Å². The fraction of sp³-hybridized carbons (Fsp3) is 0.556. The maximum Gasteiger partial charge on any atom is 0.328 e. The third-order valence-corrected chi connectivity index (χ3v) is 4.92. The summed E-state index contributed by atoms with van der Waals surface area (Å²) in [7, 11) is 0. The van der Waals surface area contributed by atoms with Crippen LogP contribution in [0.4, 0.5) is 0 Å². The number of aliphatic carboxylic acids is 4. The first-order chi connectivity index (χ1) is 15.7. The van der Waals surface area contributed by atoms with E-state index < -0.39 is 36.0 Å². The highest BCUT2D eigenvalue weighted by Gasteiger charge is 2.10. The van der Waals surface area contributed by atoms with Gasteiger partial charge in [0, 0.05) is 48.3 Å². The quantitative estimate of drug-likeness (QED) is 0.0553. The van der Waals surface area contributed by atoms with Crippen LogP contribution in [0.3, 0.4) is 0 Å². The minimum atomic E-state index is -1.26. The Hall–Kier alpha value is -2.53. The van der Waals surface area contributed by atoms with Gasteiger partial charge in [-0.2, -0.15) is 23.5 Å². The average Bonchev–Trinajstić information content (AvgIpc) is 2.71. The number of rotatable bonds is 14. The molecule has 0 aliphatic heterocycles. The van der Waals surface area contributed by atoms with E-state index in [2.05, 4.69) is 9.98 Å². The van der Waals surface area contributed by atoms with Crippen LogP contribution >= 0.6 is 35.9 Å². The van der Waals surface area contributed by atoms with Crippen molar-refractivity contribution in [1.82, 2.24) is 0 Å². The van der Waals surface area contributed by atoms with E-state index in [4.69, 9.17) is 43.4 Å². The molecule has 0 aliphatic carbocycles. The van der Waals surface area contributed by atoms with Crippen molar-refractivity contribution < 1.29 is 39.6 Å². The molecule has 0 bridgehead atoms. The first-order valence-corrected chi connectivity index (χ1v) is 11.8. The van der Waals surface area contributed by atoms with Crippen molar-refractivity contribution in [2.75, 3.05) is 36.1 Å². The minimum absolute atomic E-state index is 0. The first kappa shape index (κ1) is 39.7. The lowest BCUT2D eigenvalue weighted by Gasteiger charge is -2.04. The van der Waals surface area contributed by atoms with Gasteiger partial charge in [0.15, 0.2) is 0 Å². The molecular weight excluding hydrogens is 528 g/mol. The maximum absolute atomic E-state index is 10.3. The monoisotopic (exact) mass is 562 g/mol. The zero-order chi connectivity index (χ0) is 27.1. The number of nitrogens with two attached hydrogens (primary N) is 4. The largest absolute Gasteiger partial charge is 0.480 e. The number of carboxylic acids is 4. The smallest absolute Gasteiger partial charge is 0.328 e. The third-order valence-electron chi connectivity index (χ3n) is 2.79. The van der Waals surface area contributed by atoms with Gasteiger partial charge in [-0.15, -0.1) is 12.4 Å². The molecule has 0 fully saturated rings. The summed E-state index contributed by atoms with van der Waals surface area (Å²) in [6, 6.07) is -1.57. The Kier molecular flexibility index (Phi) is 29.6. The van der Waals surface area contributed by atoms with Crippen molar-refractivity contribution in [2.24, 2.45) is 32.9 Å². The molecule has 0 aromatic rings. The first-order valence-electron chi connectivity index (χ1n) is 9.49. The number of amidine groups is 2. The number of carboxylic acid groups (broad SMARTS) is 4. The second kappa shape index (κ2) is 26.1. The van der Waals surface area contributed by atoms with Gasteiger partial charge in [0.1, 0.15) is 12.1 Å². The Labute approximate surface area is 218 Å². The van der Waals surface area contributed by atoms with Gasteiger partial charge in [0.05, 0.1) is 11.7 Å². The van der Waals surface area contributed by atoms with Gasteiger partial charge in [-0.3, -0.25) is 19.6 Å². The zero-order valence-corrected chi connectivity index (χ0v) is 21.9. The summed E-state index contributed by atoms with van der Waals surface area (Å²) in [5.74, 6) is -1.04. The van der Waals surface area contributed by atoms with E-state index in [-0.39, 0.29) is 12.4 Å². The summed E-state index contributed by atoms with van der Waals surface area (Å²) in [6.45, 7) is 4.65. The molecule has 0 unspecified atom stereocenters. The molecule has 2 atom stereocenters. The lowest BCUT2D eigenvalue weighted by atomic mass is 10.4. The molecular formula is C18H35ClN6O8S2. The molecule has 0 radical (unpaired) electrons. The molecule has 0 amide bonds. The average molecular weight is 563 g/mol. The van der Waals surface area contributed by atoms with E-state index in [0.29, 0.717) is 48.4 Å². The van der Waals surface area contributed by atoms with Crippen molar-refractivity contribution in [3.63, 3.8) is 0 Å². The van der Waals surface area contributed by atoms with Crippen LogP contribution in [0, 0.1) is 0 Å². The summed E-state index contributed by atoms with van der Waals surface area (Å²) in [5.41, 5.74) is 21.2. The van der Waals surface area contributed by atoms with Crippen LogP contribution in [0.2, 0.25) is 0 Å². The number of hydrogen-bond acceptors (Lipinski definition) is 10. The van der Waals surface area contributed by atoms with Gasteiger partial charge in [0.2, 0.25) is 0 Å². The summed E-state index contributed by atoms with van der Waals surface area (Å²) in [6.07, 6.45) is 1.12. The molecule has 204 valence electrons. The number of carbonyl (C=O) groups is 4. The summed E-state index contributed by atoms with van der Waals surface area (Å²) in [5, 5.41) is 32.5. The van der Waals surface area contributed by atoms with Gasteiger partial charge in [-0.25, -0.2) is 9.59 Å². The Morgan fingerprint density at radius 1 is 0.743 bits per heavy atom. The predicted octanol–water partition coefficient (Wildman–Crippen LogP) is -0.849. The number of aliphatic imine (C=N–C) groups is 2. The van der Waals surface area contributed by atoms with Crippen LogP contribution in [0.25, 0.3) is 0 Å². The maximum atomic E-state index is 10.3. The molecule has 14 nitrogen and oxygen atoms in total. The Morgan fingerprint density at radius 2 is 1.03 bits per heavy atom. The molecule has 0 aromatic heterocycles. The molecule has 0 aliphatic rings. The fourth-order valence-electron chi connectivity index (χ4n) is 1.28. The Morgan fingerprint density at radius 3 is 1.23 bits per heavy atom. The van der Waals surface area contributed by atoms with E-state index in [1.807, 2.05) is 0 Å². The second-order valence-electron chi connectivity index (χ2n) is 6.10. The molecule has 0 rings (SSSR count). The van der Waals surface area contributed by atoms with Crippen LogP contribution in [0.1, 0.15) is 13.8 Å². The normalized spacial score (nSPS) is 12.7. The fourth-order valence-corrected chi connectivity index (χ4v) is 2.85. The predicted molar refractivity (Wildman–Crippen MR) is 142 cm³/mol. The topological polar surface area (TPSA) is 278 Å². The van der Waals surface area contributed by atoms with Crippen molar-refractivity contribution in [1.29, 1.82) is 0 Å². The highest BCUT2D eigenvalue weighted by atomic mass is 35.5. The second-order valence-corrected chi connectivity index (χ2v) is 8.39. The zero-order valence-electron chi connectivity index (χ0n) is 19.4. The lowest BCUT2D eigenvalue weighted by Crippen LogP contribution is -2.32. The number of hydrogen-bond donors (Lipinski definition) is 8. The van der Waals surface area contributed by atoms with Gasteiger partial charge in [-0.05, 0) is 13.8 Å². The van der Waals surface area contributed by atoms with E-state index in [9.17, 15) is 19.2 Å². The van der Waals surface area contributed by atoms with E-state index in [1.165, 1.54) is 23.5 Å². The van der Waals surface area contributed by atoms with Crippen molar-refractivity contribution in [3.05, 3.63) is 12.2 Å². The Balaban J connectivity index is -0.000000209. The van der Waals surface area contributed by atoms with E-state index >= 15 is 0 Å². The van der Waals surface area contributed by atoms with Gasteiger partial charge >= 0.3 is 23.9 Å². The third kappa shape index (κ3) is 39.0. The molecule has 12 N–H and O–H groups in total. The highest BCUT2D eigenvalue weighted by Crippen LogP contribution is 2.02. The van der Waals surface area contributed by atoms with Crippen LogP contribution in [0.5, 0.6) is 0 Å².